The monoisotopic (exact) mass is 428 g/mol. The number of carbonyl (C=O) groups excluding carboxylic acids is 1. The molecule has 30 heavy (non-hydrogen) atoms. The van der Waals surface area contributed by atoms with E-state index in [-0.39, 0.29) is 24.2 Å². The second-order valence-corrected chi connectivity index (χ2v) is 6.64. The van der Waals surface area contributed by atoms with E-state index in [1.807, 2.05) is 23.1 Å². The molecular weight excluding hydrogens is 409 g/mol. The Kier molecular flexibility index (Phi) is 6.60. The molecule has 2 saturated heterocycles. The van der Waals surface area contributed by atoms with Crippen LogP contribution in [-0.2, 0) is 9.53 Å². The van der Waals surface area contributed by atoms with Crippen molar-refractivity contribution in [2.45, 2.75) is 37.3 Å². The van der Waals surface area contributed by atoms with Crippen molar-refractivity contribution in [1.82, 2.24) is 9.88 Å². The summed E-state index contributed by atoms with van der Waals surface area (Å²) in [5.41, 5.74) is 0.563. The summed E-state index contributed by atoms with van der Waals surface area (Å²) in [7, 11) is 0. The second-order valence-electron chi connectivity index (χ2n) is 6.64. The first kappa shape index (κ1) is 21.6. The van der Waals surface area contributed by atoms with Crippen LogP contribution in [0.4, 0.5) is 13.2 Å². The van der Waals surface area contributed by atoms with E-state index in [0.29, 0.717) is 24.6 Å². The Morgan fingerprint density at radius 3 is 2.63 bits per heavy atom. The minimum atomic E-state index is -5.08. The van der Waals surface area contributed by atoms with Gasteiger partial charge >= 0.3 is 12.1 Å². The maximum absolute atomic E-state index is 12.7. The lowest BCUT2D eigenvalue weighted by atomic mass is 10.0. The zero-order valence-corrected chi connectivity index (χ0v) is 15.6. The van der Waals surface area contributed by atoms with Gasteiger partial charge in [-0.25, -0.2) is 9.78 Å². The number of halogens is 3. The number of aliphatic carboxylic acids is 1. The van der Waals surface area contributed by atoms with Gasteiger partial charge in [-0.15, -0.1) is 0 Å². The topological polar surface area (TPSA) is 102 Å². The van der Waals surface area contributed by atoms with E-state index in [0.717, 1.165) is 12.8 Å². The number of rotatable bonds is 3. The van der Waals surface area contributed by atoms with Crippen molar-refractivity contribution in [2.24, 2.45) is 0 Å². The van der Waals surface area contributed by atoms with Gasteiger partial charge in [-0.1, -0.05) is 6.07 Å². The van der Waals surface area contributed by atoms with Gasteiger partial charge < -0.3 is 23.9 Å². The lowest BCUT2D eigenvalue weighted by molar-refractivity contribution is -0.192. The van der Waals surface area contributed by atoms with Gasteiger partial charge in [0.05, 0.1) is 24.4 Å². The van der Waals surface area contributed by atoms with Crippen LogP contribution >= 0.6 is 0 Å². The number of fused-ring (bicyclic) bond motifs is 1. The smallest absolute Gasteiger partial charge is 0.475 e. The standard InChI is InChI=1S/C17H18N2O4.C2HF3O2/c20-17(12-6-9-21-11-12)19-10-14(16-13(19)4-3-8-22-16)23-15-5-1-2-7-18-15;3-2(4,5)1(6)7/h1-2,5-7,9,11,13-14,16H,3-4,8,10H2;(H,6,7)/t13-,14+,16+;/m1./s1. The van der Waals surface area contributed by atoms with Gasteiger partial charge in [0.15, 0.2) is 0 Å². The van der Waals surface area contributed by atoms with Crippen molar-refractivity contribution in [1.29, 1.82) is 0 Å². The SMILES string of the molecule is O=C(O)C(F)(F)F.O=C(c1ccoc1)N1C[C@H](Oc2ccccn2)[C@H]2OCCC[C@H]21. The highest BCUT2D eigenvalue weighted by Crippen LogP contribution is 2.32. The fourth-order valence-electron chi connectivity index (χ4n) is 3.37. The summed E-state index contributed by atoms with van der Waals surface area (Å²) in [6, 6.07) is 7.27. The third-order valence-electron chi connectivity index (χ3n) is 4.66. The van der Waals surface area contributed by atoms with E-state index in [2.05, 4.69) is 4.98 Å². The predicted molar refractivity (Wildman–Crippen MR) is 94.9 cm³/mol. The summed E-state index contributed by atoms with van der Waals surface area (Å²) in [6.45, 7) is 1.20. The lowest BCUT2D eigenvalue weighted by Crippen LogP contribution is -2.44. The molecule has 0 aliphatic carbocycles. The first-order valence-corrected chi connectivity index (χ1v) is 9.10. The molecule has 2 aliphatic rings. The van der Waals surface area contributed by atoms with E-state index in [9.17, 15) is 18.0 Å². The molecule has 3 atom stereocenters. The van der Waals surface area contributed by atoms with E-state index >= 15 is 0 Å². The van der Waals surface area contributed by atoms with Crippen molar-refractivity contribution in [3.05, 3.63) is 48.6 Å². The first-order chi connectivity index (χ1) is 14.3. The zero-order chi connectivity index (χ0) is 21.7. The molecular formula is C19H19F3N2O6. The molecule has 2 fully saturated rings. The van der Waals surface area contributed by atoms with Crippen LogP contribution in [0.5, 0.6) is 5.88 Å². The van der Waals surface area contributed by atoms with Crippen LogP contribution in [0, 0.1) is 0 Å². The van der Waals surface area contributed by atoms with Crippen molar-refractivity contribution in [3.8, 4) is 5.88 Å². The molecule has 2 aliphatic heterocycles. The van der Waals surface area contributed by atoms with Crippen molar-refractivity contribution in [3.63, 3.8) is 0 Å². The highest BCUT2D eigenvalue weighted by molar-refractivity contribution is 5.94. The molecule has 0 saturated carbocycles. The summed E-state index contributed by atoms with van der Waals surface area (Å²) >= 11 is 0. The molecule has 0 aromatic carbocycles. The first-order valence-electron chi connectivity index (χ1n) is 9.10. The number of aromatic nitrogens is 1. The van der Waals surface area contributed by atoms with Crippen LogP contribution in [0.3, 0.4) is 0 Å². The van der Waals surface area contributed by atoms with Gasteiger partial charge in [0, 0.05) is 18.9 Å². The highest BCUT2D eigenvalue weighted by atomic mass is 19.4. The Balaban J connectivity index is 0.000000318. The number of pyridine rings is 1. The molecule has 0 unspecified atom stereocenters. The van der Waals surface area contributed by atoms with Crippen molar-refractivity contribution < 1.29 is 41.8 Å². The molecule has 0 spiro atoms. The second kappa shape index (κ2) is 9.16. The average molecular weight is 428 g/mol. The number of nitrogens with zero attached hydrogens (tertiary/aromatic N) is 2. The van der Waals surface area contributed by atoms with Crippen LogP contribution in [0.1, 0.15) is 23.2 Å². The summed E-state index contributed by atoms with van der Waals surface area (Å²) in [4.78, 5) is 27.6. The number of carboxylic acids is 1. The lowest BCUT2D eigenvalue weighted by Gasteiger charge is -2.31. The summed E-state index contributed by atoms with van der Waals surface area (Å²) in [6.07, 6.45) is 1.17. The molecule has 1 amide bonds. The minimum Gasteiger partial charge on any atom is -0.475 e. The summed E-state index contributed by atoms with van der Waals surface area (Å²) in [5, 5.41) is 7.12. The zero-order valence-electron chi connectivity index (χ0n) is 15.6. The maximum Gasteiger partial charge on any atom is 0.490 e. The Bertz CT molecular complexity index is 844. The van der Waals surface area contributed by atoms with Crippen LogP contribution in [0.2, 0.25) is 0 Å². The molecule has 162 valence electrons. The molecule has 11 heteroatoms. The number of amides is 1. The Hall–Kier alpha value is -3.08. The van der Waals surface area contributed by atoms with E-state index in [4.69, 9.17) is 23.8 Å². The van der Waals surface area contributed by atoms with Gasteiger partial charge in [-0.05, 0) is 25.0 Å². The Morgan fingerprint density at radius 1 is 1.27 bits per heavy atom. The number of hydrogen-bond donors (Lipinski definition) is 1. The molecule has 0 bridgehead atoms. The van der Waals surface area contributed by atoms with Crippen molar-refractivity contribution in [2.75, 3.05) is 13.2 Å². The fourth-order valence-corrected chi connectivity index (χ4v) is 3.37. The largest absolute Gasteiger partial charge is 0.490 e. The molecule has 1 N–H and O–H groups in total. The molecule has 2 aromatic heterocycles. The molecule has 4 heterocycles. The third kappa shape index (κ3) is 5.09. The summed E-state index contributed by atoms with van der Waals surface area (Å²) in [5.74, 6) is -2.23. The predicted octanol–water partition coefficient (Wildman–Crippen LogP) is 2.76. The van der Waals surface area contributed by atoms with E-state index in [1.54, 1.807) is 12.3 Å². The molecule has 2 aromatic rings. The average Bonchev–Trinajstić information content (AvgIpc) is 3.37. The van der Waals surface area contributed by atoms with E-state index < -0.39 is 12.1 Å². The minimum absolute atomic E-state index is 0.0358. The normalized spacial score (nSPS) is 23.2. The van der Waals surface area contributed by atoms with Crippen LogP contribution in [-0.4, -0.2) is 64.4 Å². The number of ether oxygens (including phenoxy) is 2. The number of hydrogen-bond acceptors (Lipinski definition) is 6. The summed E-state index contributed by atoms with van der Waals surface area (Å²) < 4.78 is 48.7. The van der Waals surface area contributed by atoms with Gasteiger partial charge in [-0.3, -0.25) is 4.79 Å². The van der Waals surface area contributed by atoms with Gasteiger partial charge in [0.25, 0.3) is 5.91 Å². The quantitative estimate of drug-likeness (QED) is 0.802. The number of carboxylic acid groups (broad SMARTS) is 1. The van der Waals surface area contributed by atoms with Crippen molar-refractivity contribution >= 4 is 11.9 Å². The molecule has 0 radical (unpaired) electrons. The van der Waals surface area contributed by atoms with Crippen LogP contribution in [0.25, 0.3) is 0 Å². The molecule has 8 nitrogen and oxygen atoms in total. The van der Waals surface area contributed by atoms with Gasteiger partial charge in [0.1, 0.15) is 18.5 Å². The van der Waals surface area contributed by atoms with Crippen LogP contribution < -0.4 is 4.74 Å². The fraction of sp³-hybridized carbons (Fsp3) is 0.421. The third-order valence-corrected chi connectivity index (χ3v) is 4.66. The van der Waals surface area contributed by atoms with Crippen LogP contribution in [0.15, 0.2) is 47.4 Å². The Morgan fingerprint density at radius 2 is 2.03 bits per heavy atom. The van der Waals surface area contributed by atoms with E-state index in [1.165, 1.54) is 12.5 Å². The van der Waals surface area contributed by atoms with Gasteiger partial charge in [-0.2, -0.15) is 13.2 Å². The number of furan rings is 1. The highest BCUT2D eigenvalue weighted by Gasteiger charge is 2.47. The number of alkyl halides is 3. The number of likely N-dealkylation sites (tertiary alicyclic amines) is 1. The number of carbonyl (C=O) groups is 2. The molecule has 4 rings (SSSR count). The maximum atomic E-state index is 12.7. The Labute approximate surface area is 169 Å². The van der Waals surface area contributed by atoms with Gasteiger partial charge in [0.2, 0.25) is 5.88 Å².